The molecule has 0 aromatic rings. The Balaban J connectivity index is 1.07. The summed E-state index contributed by atoms with van der Waals surface area (Å²) in [5.74, 6) is -2.46. The lowest BCUT2D eigenvalue weighted by molar-refractivity contribution is -0.380. The molecule has 0 bridgehead atoms. The van der Waals surface area contributed by atoms with Crippen molar-refractivity contribution in [3.8, 4) is 0 Å². The third-order valence-corrected chi connectivity index (χ3v) is 15.7. The average Bonchev–Trinajstić information content (AvgIpc) is 3.64. The summed E-state index contributed by atoms with van der Waals surface area (Å²) in [5, 5.41) is 212. The zero-order valence-electron chi connectivity index (χ0n) is 46.5. The molecule has 7 aliphatic rings. The number of hydrogen-bond acceptors (Lipinski definition) is 35. The van der Waals surface area contributed by atoms with Crippen molar-refractivity contribution in [1.82, 2.24) is 16.0 Å². The summed E-state index contributed by atoms with van der Waals surface area (Å²) in [6.07, 6.45) is -59.6. The van der Waals surface area contributed by atoms with E-state index in [1.165, 1.54) is 6.92 Å². The van der Waals surface area contributed by atoms with Crippen LogP contribution in [0.25, 0.3) is 0 Å². The average molecular weight is 1260 g/mol. The normalized spacial score (nSPS) is 49.4. The van der Waals surface area contributed by atoms with Crippen molar-refractivity contribution < 1.29 is 173 Å². The van der Waals surface area contributed by atoms with Crippen molar-refractivity contribution in [3.63, 3.8) is 0 Å². The van der Waals surface area contributed by atoms with Gasteiger partial charge in [-0.3, -0.25) is 14.4 Å². The minimum atomic E-state index is -2.21. The van der Waals surface area contributed by atoms with Gasteiger partial charge in [-0.1, -0.05) is 0 Å². The second kappa shape index (κ2) is 30.5. The zero-order chi connectivity index (χ0) is 63.5. The molecular formula is C48H81N3O35. The molecule has 7 rings (SSSR count). The third kappa shape index (κ3) is 15.5. The maximum absolute atomic E-state index is 12.7. The van der Waals surface area contributed by atoms with Gasteiger partial charge in [-0.05, 0) is 6.92 Å². The second-order valence-electron chi connectivity index (χ2n) is 21.8. The van der Waals surface area contributed by atoms with E-state index in [2.05, 4.69) is 16.0 Å². The number of hydrogen-bond donors (Lipinski definition) is 22. The maximum atomic E-state index is 12.7. The Labute approximate surface area is 488 Å². The minimum Gasteiger partial charge on any atom is -0.394 e. The van der Waals surface area contributed by atoms with Crippen LogP contribution in [-0.2, 0) is 76.0 Å². The highest BCUT2D eigenvalue weighted by molar-refractivity contribution is 5.74. The lowest BCUT2D eigenvalue weighted by Crippen LogP contribution is -2.70. The van der Waals surface area contributed by atoms with Gasteiger partial charge in [-0.25, -0.2) is 0 Å². The molecule has 86 heavy (non-hydrogen) atoms. The lowest BCUT2D eigenvalue weighted by Gasteiger charge is -2.50. The van der Waals surface area contributed by atoms with Crippen LogP contribution in [0, 0.1) is 0 Å². The Morgan fingerprint density at radius 3 is 1.14 bits per heavy atom. The van der Waals surface area contributed by atoms with Gasteiger partial charge in [0.1, 0.15) is 165 Å². The predicted octanol–water partition coefficient (Wildman–Crippen LogP) is -14.8. The fourth-order valence-corrected chi connectivity index (χ4v) is 10.9. The van der Waals surface area contributed by atoms with Crippen molar-refractivity contribution in [2.75, 3.05) is 39.6 Å². The number of amides is 3. The van der Waals surface area contributed by atoms with Crippen LogP contribution in [0.1, 0.15) is 27.7 Å². The van der Waals surface area contributed by atoms with E-state index in [1.54, 1.807) is 0 Å². The first-order valence-corrected chi connectivity index (χ1v) is 27.5. The fraction of sp³-hybridized carbons (Fsp3) is 0.938. The number of carbonyl (C=O) groups is 3. The Hall–Kier alpha value is -2.87. The molecule has 498 valence electrons. The first kappa shape index (κ1) is 70.6. The third-order valence-electron chi connectivity index (χ3n) is 15.7. The SMILES string of the molecule is CC(=O)N[C@@H]1[C@@H](O)[C@H](O[C@H]2O[C@H](CO)[C@@H](O[C@@H]3O[C@H](CO[C@H]4O[C@H](CO)[C@@H](O)[C@H](O)[C@@H]4O[C@@H]4O[C@H](CO)[C@@H](O[C@@H]5O[C@H](CO)[C@H](O)[C@H](O)[C@H]5O)[C@H](O)[C@H]4NC(C)=O)[C@@H](O)[C@H](O)[C@@H]3O)[C@H](O)[C@H]2NC(C)=O)[C@@H](CO[C@H]2O[C@@H](C)[C@@H](O)[C@@H](O)[C@@H]2O)O[C@H]1O. The molecule has 7 saturated heterocycles. The monoisotopic (exact) mass is 1260 g/mol. The topological polar surface area (TPSA) is 592 Å². The molecule has 0 aromatic heterocycles. The summed E-state index contributed by atoms with van der Waals surface area (Å²) in [5.41, 5.74) is 0. The minimum absolute atomic E-state index is 0.738. The van der Waals surface area contributed by atoms with E-state index < -0.39 is 272 Å². The van der Waals surface area contributed by atoms with E-state index in [-0.39, 0.29) is 0 Å². The Morgan fingerprint density at radius 1 is 0.326 bits per heavy atom. The molecule has 0 unspecified atom stereocenters. The van der Waals surface area contributed by atoms with E-state index in [1.807, 2.05) is 0 Å². The van der Waals surface area contributed by atoms with Crippen molar-refractivity contribution in [3.05, 3.63) is 0 Å². The molecular weight excluding hydrogens is 1180 g/mol. The first-order chi connectivity index (χ1) is 40.6. The van der Waals surface area contributed by atoms with E-state index >= 15 is 0 Å². The van der Waals surface area contributed by atoms with Crippen LogP contribution in [0.15, 0.2) is 0 Å². The summed E-state index contributed by atoms with van der Waals surface area (Å²) < 4.78 is 75.2. The molecule has 0 saturated carbocycles. The van der Waals surface area contributed by atoms with E-state index in [9.17, 15) is 111 Å². The van der Waals surface area contributed by atoms with Crippen LogP contribution in [0.4, 0.5) is 0 Å². The molecule has 38 heteroatoms. The Morgan fingerprint density at radius 2 is 0.663 bits per heavy atom. The Kier molecular flexibility index (Phi) is 25.0. The standard InChI is InChI=1S/C48H81N3O35/c1-11-24(59)31(66)35(70)45(76-11)74-10-20-40(28(63)21(42(73)77-20)49-12(2)56)83-43-22(50-13(3)57)29(64)39(17(7-54)80-43)85-47-37(72)33(68)27(62)19(82-47)9-75-48-41(34(69)26(61)16(6-53)79-48)86-44-23(51-14(4)58)30(65)38(18(8-55)81-44)84-46-36(71)32(67)25(60)15(5-52)78-46/h11,15-48,52-55,59-73H,5-10H2,1-4H3,(H,49,56)(H,50,57)(H,51,58)/t11-,15+,16+,17+,18+,19+,20+,21+,22+,23+,24+,25-,26+,27+,28+,29+,30+,31+,32-,33-,34-,35-,36+,37-,38+,39+,40+,41-,42+,43+,44-,45-,46-,47-,48-/m0/s1. The highest BCUT2D eigenvalue weighted by Gasteiger charge is 2.58. The number of aliphatic hydroxyl groups is 19. The highest BCUT2D eigenvalue weighted by atomic mass is 16.8. The summed E-state index contributed by atoms with van der Waals surface area (Å²) >= 11 is 0. The number of rotatable bonds is 21. The number of nitrogens with one attached hydrogen (secondary N) is 3. The molecule has 3 amide bonds. The van der Waals surface area contributed by atoms with Crippen molar-refractivity contribution >= 4 is 17.7 Å². The number of aliphatic hydroxyl groups excluding tert-OH is 19. The van der Waals surface area contributed by atoms with Gasteiger partial charge in [0.15, 0.2) is 44.0 Å². The quantitative estimate of drug-likeness (QED) is 0.0507. The van der Waals surface area contributed by atoms with Crippen LogP contribution in [0.3, 0.4) is 0 Å². The van der Waals surface area contributed by atoms with Gasteiger partial charge in [-0.2, -0.15) is 0 Å². The molecule has 7 aliphatic heterocycles. The second-order valence-corrected chi connectivity index (χ2v) is 21.8. The van der Waals surface area contributed by atoms with Crippen molar-refractivity contribution in [1.29, 1.82) is 0 Å². The molecule has 0 spiro atoms. The van der Waals surface area contributed by atoms with Crippen LogP contribution in [0.2, 0.25) is 0 Å². The molecule has 0 radical (unpaired) electrons. The summed E-state index contributed by atoms with van der Waals surface area (Å²) in [7, 11) is 0. The molecule has 35 atom stereocenters. The van der Waals surface area contributed by atoms with Crippen LogP contribution in [-0.4, -0.2) is 369 Å². The molecule has 0 aromatic carbocycles. The fourth-order valence-electron chi connectivity index (χ4n) is 10.9. The molecule has 7 fully saturated rings. The highest BCUT2D eigenvalue weighted by Crippen LogP contribution is 2.37. The van der Waals surface area contributed by atoms with Crippen molar-refractivity contribution in [2.45, 2.75) is 242 Å². The number of ether oxygens (including phenoxy) is 13. The van der Waals surface area contributed by atoms with Crippen LogP contribution < -0.4 is 16.0 Å². The smallest absolute Gasteiger partial charge is 0.217 e. The van der Waals surface area contributed by atoms with Gasteiger partial charge < -0.3 is 175 Å². The van der Waals surface area contributed by atoms with Gasteiger partial charge in [0.25, 0.3) is 0 Å². The largest absolute Gasteiger partial charge is 0.394 e. The number of carbonyl (C=O) groups excluding carboxylic acids is 3. The molecule has 22 N–H and O–H groups in total. The van der Waals surface area contributed by atoms with Crippen LogP contribution >= 0.6 is 0 Å². The van der Waals surface area contributed by atoms with Gasteiger partial charge in [-0.15, -0.1) is 0 Å². The Bertz CT molecular complexity index is 2170. The van der Waals surface area contributed by atoms with Gasteiger partial charge in [0, 0.05) is 20.8 Å². The first-order valence-electron chi connectivity index (χ1n) is 27.5. The maximum Gasteiger partial charge on any atom is 0.217 e. The molecule has 0 aliphatic carbocycles. The molecule has 38 nitrogen and oxygen atoms in total. The van der Waals surface area contributed by atoms with E-state index in [0.29, 0.717) is 0 Å². The van der Waals surface area contributed by atoms with Gasteiger partial charge >= 0.3 is 0 Å². The van der Waals surface area contributed by atoms with E-state index in [4.69, 9.17) is 61.6 Å². The summed E-state index contributed by atoms with van der Waals surface area (Å²) in [6, 6.07) is -5.17. The van der Waals surface area contributed by atoms with Gasteiger partial charge in [0.2, 0.25) is 17.7 Å². The summed E-state index contributed by atoms with van der Waals surface area (Å²) in [4.78, 5) is 37.4. The van der Waals surface area contributed by atoms with Crippen molar-refractivity contribution in [2.24, 2.45) is 0 Å². The summed E-state index contributed by atoms with van der Waals surface area (Å²) in [6.45, 7) is -1.20. The molecule has 7 heterocycles. The zero-order valence-corrected chi connectivity index (χ0v) is 46.5. The van der Waals surface area contributed by atoms with E-state index in [0.717, 1.165) is 20.8 Å². The van der Waals surface area contributed by atoms with Crippen LogP contribution in [0.5, 0.6) is 0 Å². The predicted molar refractivity (Wildman–Crippen MR) is 265 cm³/mol. The lowest BCUT2D eigenvalue weighted by atomic mass is 9.94. The van der Waals surface area contributed by atoms with Gasteiger partial charge in [0.05, 0.1) is 45.7 Å².